The Labute approximate surface area is 142 Å². The number of rotatable bonds is 4. The predicted molar refractivity (Wildman–Crippen MR) is 84.4 cm³/mol. The first-order chi connectivity index (χ1) is 11.8. The number of nitrogens with zero attached hydrogens (tertiary/aromatic N) is 2. The highest BCUT2D eigenvalue weighted by Crippen LogP contribution is 2.30. The van der Waals surface area contributed by atoms with E-state index >= 15 is 0 Å². The molecule has 1 N–H and O–H groups in total. The van der Waals surface area contributed by atoms with E-state index in [-0.39, 0.29) is 12.2 Å². The maximum absolute atomic E-state index is 12.8. The third-order valence-corrected chi connectivity index (χ3v) is 4.34. The SMILES string of the molecule is COc1cc2c(cc1CNC(=O)c1cc(C(F)(F)F)n(C)n1)CCC2. The molecule has 8 heteroatoms. The number of ether oxygens (including phenoxy) is 1. The van der Waals surface area contributed by atoms with Gasteiger partial charge in [-0.1, -0.05) is 6.07 Å². The number of methoxy groups -OCH3 is 1. The van der Waals surface area contributed by atoms with Crippen LogP contribution in [0.25, 0.3) is 0 Å². The molecule has 1 aliphatic rings. The van der Waals surface area contributed by atoms with Crippen molar-refractivity contribution >= 4 is 5.91 Å². The number of carbonyl (C=O) groups excluding carboxylic acids is 1. The van der Waals surface area contributed by atoms with E-state index in [1.54, 1.807) is 7.11 Å². The normalized spacial score (nSPS) is 13.6. The maximum atomic E-state index is 12.8. The van der Waals surface area contributed by atoms with Crippen molar-refractivity contribution in [3.8, 4) is 5.75 Å². The van der Waals surface area contributed by atoms with E-state index in [9.17, 15) is 18.0 Å². The molecular weight excluding hydrogens is 335 g/mol. The largest absolute Gasteiger partial charge is 0.496 e. The van der Waals surface area contributed by atoms with Crippen molar-refractivity contribution in [3.63, 3.8) is 0 Å². The molecule has 5 nitrogen and oxygen atoms in total. The lowest BCUT2D eigenvalue weighted by Gasteiger charge is -2.12. The number of nitrogens with one attached hydrogen (secondary N) is 1. The van der Waals surface area contributed by atoms with Gasteiger partial charge in [0.25, 0.3) is 5.91 Å². The minimum Gasteiger partial charge on any atom is -0.496 e. The van der Waals surface area contributed by atoms with Gasteiger partial charge in [-0.2, -0.15) is 18.3 Å². The van der Waals surface area contributed by atoms with Gasteiger partial charge in [0.2, 0.25) is 0 Å². The number of aromatic nitrogens is 2. The Bertz CT molecular complexity index is 812. The molecular formula is C17H18F3N3O2. The Morgan fingerprint density at radius 3 is 2.56 bits per heavy atom. The van der Waals surface area contributed by atoms with Crippen molar-refractivity contribution in [1.82, 2.24) is 15.1 Å². The van der Waals surface area contributed by atoms with Crippen LogP contribution in [0.3, 0.4) is 0 Å². The second-order valence-electron chi connectivity index (χ2n) is 6.01. The summed E-state index contributed by atoms with van der Waals surface area (Å²) in [5.41, 5.74) is 2.03. The molecule has 0 radical (unpaired) electrons. The van der Waals surface area contributed by atoms with Crippen molar-refractivity contribution in [2.45, 2.75) is 32.0 Å². The highest BCUT2D eigenvalue weighted by Gasteiger charge is 2.35. The summed E-state index contributed by atoms with van der Waals surface area (Å²) in [6.07, 6.45) is -1.48. The zero-order chi connectivity index (χ0) is 18.2. The van der Waals surface area contributed by atoms with E-state index in [0.29, 0.717) is 10.4 Å². The lowest BCUT2D eigenvalue weighted by Crippen LogP contribution is -2.23. The van der Waals surface area contributed by atoms with Gasteiger partial charge in [0.05, 0.1) is 7.11 Å². The molecule has 3 rings (SSSR count). The summed E-state index contributed by atoms with van der Waals surface area (Å²) in [5, 5.41) is 6.25. The fraction of sp³-hybridized carbons (Fsp3) is 0.412. The van der Waals surface area contributed by atoms with E-state index < -0.39 is 17.8 Å². The van der Waals surface area contributed by atoms with Crippen LogP contribution < -0.4 is 10.1 Å². The summed E-state index contributed by atoms with van der Waals surface area (Å²) in [4.78, 5) is 12.1. The van der Waals surface area contributed by atoms with E-state index in [4.69, 9.17) is 4.74 Å². The van der Waals surface area contributed by atoms with Crippen LogP contribution in [0.2, 0.25) is 0 Å². The fourth-order valence-corrected chi connectivity index (χ4v) is 3.09. The van der Waals surface area contributed by atoms with Crippen molar-refractivity contribution in [2.24, 2.45) is 7.05 Å². The Balaban J connectivity index is 1.75. The number of fused-ring (bicyclic) bond motifs is 1. The van der Waals surface area contributed by atoms with Crippen LogP contribution >= 0.6 is 0 Å². The van der Waals surface area contributed by atoms with Gasteiger partial charge in [-0.05, 0) is 36.5 Å². The third-order valence-electron chi connectivity index (χ3n) is 4.34. The van der Waals surface area contributed by atoms with Gasteiger partial charge in [-0.25, -0.2) is 0 Å². The predicted octanol–water partition coefficient (Wildman–Crippen LogP) is 2.87. The van der Waals surface area contributed by atoms with Gasteiger partial charge in [-0.15, -0.1) is 0 Å². The highest BCUT2D eigenvalue weighted by atomic mass is 19.4. The van der Waals surface area contributed by atoms with E-state index in [2.05, 4.69) is 10.4 Å². The van der Waals surface area contributed by atoms with Gasteiger partial charge in [0, 0.05) is 25.2 Å². The minimum absolute atomic E-state index is 0.160. The van der Waals surface area contributed by atoms with Crippen LogP contribution in [-0.2, 0) is 32.6 Å². The lowest BCUT2D eigenvalue weighted by atomic mass is 10.0. The third kappa shape index (κ3) is 3.47. The van der Waals surface area contributed by atoms with Crippen LogP contribution in [-0.4, -0.2) is 22.8 Å². The van der Waals surface area contributed by atoms with Crippen molar-refractivity contribution in [2.75, 3.05) is 7.11 Å². The first kappa shape index (κ1) is 17.3. The van der Waals surface area contributed by atoms with Gasteiger partial charge in [0.1, 0.15) is 11.4 Å². The standard InChI is InChI=1S/C17H18F3N3O2/c1-23-15(17(18,19)20)8-13(22-23)16(24)21-9-12-6-10-4-3-5-11(10)7-14(12)25-2/h6-8H,3-5,9H2,1-2H3,(H,21,24). The van der Waals surface area contributed by atoms with Crippen LogP contribution in [0.4, 0.5) is 13.2 Å². The fourth-order valence-electron chi connectivity index (χ4n) is 3.09. The molecule has 1 amide bonds. The topological polar surface area (TPSA) is 56.1 Å². The molecule has 0 spiro atoms. The Kier molecular flexibility index (Phi) is 4.45. The Morgan fingerprint density at radius 1 is 1.28 bits per heavy atom. The number of alkyl halides is 3. The summed E-state index contributed by atoms with van der Waals surface area (Å²) in [6, 6.07) is 4.70. The molecule has 1 aromatic carbocycles. The van der Waals surface area contributed by atoms with E-state index in [1.165, 1.54) is 11.1 Å². The molecule has 2 aromatic rings. The molecule has 25 heavy (non-hydrogen) atoms. The Morgan fingerprint density at radius 2 is 1.96 bits per heavy atom. The molecule has 1 aliphatic carbocycles. The number of carbonyl (C=O) groups is 1. The number of aryl methyl sites for hydroxylation is 3. The van der Waals surface area contributed by atoms with Gasteiger partial charge < -0.3 is 10.1 Å². The van der Waals surface area contributed by atoms with Gasteiger partial charge in [-0.3, -0.25) is 9.48 Å². The average Bonchev–Trinajstić information content (AvgIpc) is 3.16. The molecule has 0 aliphatic heterocycles. The summed E-state index contributed by atoms with van der Waals surface area (Å²) >= 11 is 0. The number of hydrogen-bond donors (Lipinski definition) is 1. The molecule has 0 unspecified atom stereocenters. The average molecular weight is 353 g/mol. The van der Waals surface area contributed by atoms with Crippen LogP contribution in [0.15, 0.2) is 18.2 Å². The zero-order valence-corrected chi connectivity index (χ0v) is 13.9. The van der Waals surface area contributed by atoms with Crippen molar-refractivity contribution in [1.29, 1.82) is 0 Å². The zero-order valence-electron chi connectivity index (χ0n) is 13.9. The van der Waals surface area contributed by atoms with Crippen LogP contribution in [0.1, 0.15) is 39.3 Å². The van der Waals surface area contributed by atoms with Gasteiger partial charge >= 0.3 is 6.18 Å². The number of hydrogen-bond acceptors (Lipinski definition) is 3. The summed E-state index contributed by atoms with van der Waals surface area (Å²) in [7, 11) is 2.71. The first-order valence-electron chi connectivity index (χ1n) is 7.87. The molecule has 1 aromatic heterocycles. The first-order valence-corrected chi connectivity index (χ1v) is 7.87. The number of benzene rings is 1. The molecule has 0 saturated carbocycles. The second-order valence-corrected chi connectivity index (χ2v) is 6.01. The molecule has 0 saturated heterocycles. The summed E-state index contributed by atoms with van der Waals surface area (Å²) in [6.45, 7) is 0.160. The number of amides is 1. The second kappa shape index (κ2) is 6.42. The highest BCUT2D eigenvalue weighted by molar-refractivity contribution is 5.92. The molecule has 0 bridgehead atoms. The van der Waals surface area contributed by atoms with E-state index in [1.807, 2.05) is 12.1 Å². The molecule has 1 heterocycles. The maximum Gasteiger partial charge on any atom is 0.433 e. The van der Waals surface area contributed by atoms with Gasteiger partial charge in [0.15, 0.2) is 5.69 Å². The van der Waals surface area contributed by atoms with Crippen molar-refractivity contribution in [3.05, 3.63) is 46.3 Å². The smallest absolute Gasteiger partial charge is 0.433 e. The molecule has 0 fully saturated rings. The quantitative estimate of drug-likeness (QED) is 0.920. The Hall–Kier alpha value is -2.51. The van der Waals surface area contributed by atoms with Crippen LogP contribution in [0.5, 0.6) is 5.75 Å². The number of halogens is 3. The molecule has 134 valence electrons. The van der Waals surface area contributed by atoms with E-state index in [0.717, 1.165) is 37.9 Å². The molecule has 0 atom stereocenters. The van der Waals surface area contributed by atoms with Crippen LogP contribution in [0, 0.1) is 0 Å². The van der Waals surface area contributed by atoms with Crippen molar-refractivity contribution < 1.29 is 22.7 Å². The summed E-state index contributed by atoms with van der Waals surface area (Å²) < 4.78 is 44.4. The monoisotopic (exact) mass is 353 g/mol. The minimum atomic E-state index is -4.55. The lowest BCUT2D eigenvalue weighted by molar-refractivity contribution is -0.143. The summed E-state index contributed by atoms with van der Waals surface area (Å²) in [5.74, 6) is 0.00611.